The molecule has 0 spiro atoms. The van der Waals surface area contributed by atoms with Gasteiger partial charge in [-0.15, -0.1) is 13.2 Å². The number of halogens is 5. The number of oxazole rings is 1. The fraction of sp³-hybridized carbons (Fsp3) is 0.200. The molecule has 43 heavy (non-hydrogen) atoms. The van der Waals surface area contributed by atoms with Crippen LogP contribution in [0.2, 0.25) is 0 Å². The molecule has 0 radical (unpaired) electrons. The maximum atomic E-state index is 14.6. The zero-order chi connectivity index (χ0) is 31.1. The summed E-state index contributed by atoms with van der Waals surface area (Å²) in [6, 6.07) is 16.6. The van der Waals surface area contributed by atoms with Crippen molar-refractivity contribution in [3.63, 3.8) is 0 Å². The summed E-state index contributed by atoms with van der Waals surface area (Å²) in [5, 5.41) is 0. The lowest BCUT2D eigenvalue weighted by atomic mass is 9.98. The summed E-state index contributed by atoms with van der Waals surface area (Å²) in [6.45, 7) is 4.54. The van der Waals surface area contributed by atoms with E-state index in [0.717, 1.165) is 12.1 Å². The van der Waals surface area contributed by atoms with Crippen molar-refractivity contribution in [2.45, 2.75) is 44.4 Å². The van der Waals surface area contributed by atoms with Gasteiger partial charge >= 0.3 is 6.36 Å². The van der Waals surface area contributed by atoms with Gasteiger partial charge in [-0.05, 0) is 66.6 Å². The molecule has 0 aliphatic rings. The summed E-state index contributed by atoms with van der Waals surface area (Å²) < 4.78 is 100.0. The molecule has 0 aliphatic heterocycles. The molecule has 0 saturated heterocycles. The third-order valence-corrected chi connectivity index (χ3v) is 7.32. The van der Waals surface area contributed by atoms with Crippen LogP contribution in [0.5, 0.6) is 5.75 Å². The Labute approximate surface area is 245 Å². The maximum Gasteiger partial charge on any atom is 0.573 e. The number of hydrogen-bond acceptors (Lipinski definition) is 5. The van der Waals surface area contributed by atoms with Crippen LogP contribution in [0.1, 0.15) is 30.8 Å². The Bertz CT molecular complexity index is 1810. The van der Waals surface area contributed by atoms with Gasteiger partial charge in [0.1, 0.15) is 23.0 Å². The normalized spacial score (nSPS) is 12.9. The Kier molecular flexibility index (Phi) is 7.97. The van der Waals surface area contributed by atoms with Crippen LogP contribution in [0.15, 0.2) is 82.2 Å². The Balaban J connectivity index is 1.71. The van der Waals surface area contributed by atoms with E-state index in [2.05, 4.69) is 14.7 Å². The fourth-order valence-electron chi connectivity index (χ4n) is 4.59. The summed E-state index contributed by atoms with van der Waals surface area (Å²) in [5.41, 5.74) is 2.35. The van der Waals surface area contributed by atoms with Gasteiger partial charge in [0.15, 0.2) is 22.7 Å². The third kappa shape index (κ3) is 6.37. The lowest BCUT2D eigenvalue weighted by molar-refractivity contribution is -0.274. The Morgan fingerprint density at radius 3 is 2.26 bits per heavy atom. The van der Waals surface area contributed by atoms with Gasteiger partial charge in [-0.25, -0.2) is 14.2 Å². The molecule has 1 unspecified atom stereocenters. The smallest absolute Gasteiger partial charge is 0.440 e. The molecule has 1 N–H and O–H groups in total. The topological polar surface area (TPSA) is 90.4 Å². The summed E-state index contributed by atoms with van der Waals surface area (Å²) in [4.78, 5) is 8.84. The Morgan fingerprint density at radius 2 is 1.60 bits per heavy atom. The summed E-state index contributed by atoms with van der Waals surface area (Å²) in [7, 11) is 0. The van der Waals surface area contributed by atoms with Crippen molar-refractivity contribution in [1.82, 2.24) is 14.5 Å². The van der Waals surface area contributed by atoms with E-state index in [1.165, 1.54) is 35.9 Å². The van der Waals surface area contributed by atoms with Crippen molar-refractivity contribution in [2.24, 2.45) is 0 Å². The molecule has 3 aromatic carbocycles. The molecule has 5 aromatic rings. The highest BCUT2D eigenvalue weighted by atomic mass is 32.2. The molecule has 2 aromatic heterocycles. The highest BCUT2D eigenvalue weighted by molar-refractivity contribution is 7.79. The molecule has 1 atom stereocenters. The molecular weight excluding hydrogens is 593 g/mol. The van der Waals surface area contributed by atoms with Gasteiger partial charge in [0, 0.05) is 30.7 Å². The minimum absolute atomic E-state index is 0.180. The molecule has 0 aliphatic carbocycles. The Morgan fingerprint density at radius 1 is 0.930 bits per heavy atom. The minimum atomic E-state index is -4.86. The molecule has 5 rings (SSSR count). The van der Waals surface area contributed by atoms with Crippen molar-refractivity contribution in [3.8, 4) is 45.1 Å². The first kappa shape index (κ1) is 30.1. The van der Waals surface area contributed by atoms with Gasteiger partial charge in [-0.2, -0.15) is 8.78 Å². The van der Waals surface area contributed by atoms with Crippen LogP contribution in [-0.4, -0.2) is 29.7 Å². The summed E-state index contributed by atoms with van der Waals surface area (Å²) in [5.74, 6) is -2.83. The molecule has 7 nitrogen and oxygen atoms in total. The van der Waals surface area contributed by atoms with E-state index >= 15 is 0 Å². The monoisotopic (exact) mass is 617 g/mol. The second-order valence-electron chi connectivity index (χ2n) is 9.59. The van der Waals surface area contributed by atoms with Crippen LogP contribution in [0.25, 0.3) is 39.4 Å². The van der Waals surface area contributed by atoms with Crippen molar-refractivity contribution < 1.29 is 39.9 Å². The summed E-state index contributed by atoms with van der Waals surface area (Å²) in [6.07, 6.45) is -4.05. The van der Waals surface area contributed by atoms with E-state index in [1.54, 1.807) is 50.2 Å². The van der Waals surface area contributed by atoms with Crippen molar-refractivity contribution in [3.05, 3.63) is 90.3 Å². The van der Waals surface area contributed by atoms with E-state index < -0.39 is 41.2 Å². The van der Waals surface area contributed by atoms with Gasteiger partial charge in [-0.3, -0.25) is 0 Å². The minimum Gasteiger partial charge on any atom is -0.440 e. The average Bonchev–Trinajstić information content (AvgIpc) is 3.55. The zero-order valence-corrected chi connectivity index (χ0v) is 23.8. The molecule has 2 heterocycles. The average molecular weight is 618 g/mol. The van der Waals surface area contributed by atoms with Gasteiger partial charge in [0.2, 0.25) is 0 Å². The largest absolute Gasteiger partial charge is 0.573 e. The van der Waals surface area contributed by atoms with E-state index in [0.29, 0.717) is 27.9 Å². The lowest BCUT2D eigenvalue weighted by Gasteiger charge is -2.15. The van der Waals surface area contributed by atoms with Crippen LogP contribution in [0.3, 0.4) is 0 Å². The predicted octanol–water partition coefficient (Wildman–Crippen LogP) is 8.46. The maximum absolute atomic E-state index is 14.6. The van der Waals surface area contributed by atoms with E-state index in [9.17, 15) is 30.7 Å². The highest BCUT2D eigenvalue weighted by Crippen LogP contribution is 2.40. The molecule has 13 heteroatoms. The van der Waals surface area contributed by atoms with E-state index in [4.69, 9.17) is 4.42 Å². The van der Waals surface area contributed by atoms with E-state index in [-0.39, 0.29) is 28.1 Å². The van der Waals surface area contributed by atoms with Gasteiger partial charge in [0.25, 0.3) is 5.92 Å². The first-order chi connectivity index (χ1) is 20.3. The van der Waals surface area contributed by atoms with Crippen LogP contribution in [0.4, 0.5) is 22.0 Å². The van der Waals surface area contributed by atoms with Crippen LogP contribution < -0.4 is 4.74 Å². The number of hydrogen-bond donors (Lipinski definition) is 1. The Hall–Kier alpha value is -4.36. The van der Waals surface area contributed by atoms with Crippen molar-refractivity contribution >= 4 is 11.1 Å². The number of alkyl halides is 5. The van der Waals surface area contributed by atoms with Gasteiger partial charge in [0.05, 0.1) is 10.6 Å². The zero-order valence-electron chi connectivity index (χ0n) is 22.9. The second-order valence-corrected chi connectivity index (χ2v) is 10.6. The highest BCUT2D eigenvalue weighted by Gasteiger charge is 2.33. The number of nitrogens with zero attached hydrogens (tertiary/aromatic N) is 3. The van der Waals surface area contributed by atoms with Crippen molar-refractivity contribution in [2.75, 3.05) is 0 Å². The predicted molar refractivity (Wildman–Crippen MR) is 149 cm³/mol. The molecule has 0 fully saturated rings. The molecular formula is C30H24F5N3O4S. The molecule has 0 amide bonds. The number of benzene rings is 3. The SMILES string of the molecule is CCC(F)(F)c1cn(-c2ccc(-c3cccc(S(=O)O)c3)cc2-c2nc(C)oc2-c2ccc(OC(F)(F)F)cc2)c(C)n1. The number of aryl methyl sites for hydroxylation is 2. The quantitative estimate of drug-likeness (QED) is 0.139. The van der Waals surface area contributed by atoms with Gasteiger partial charge in [-0.1, -0.05) is 25.1 Å². The lowest BCUT2D eigenvalue weighted by Crippen LogP contribution is -2.16. The molecule has 224 valence electrons. The molecule has 0 bridgehead atoms. The number of ether oxygens (including phenoxy) is 1. The number of aromatic nitrogens is 3. The van der Waals surface area contributed by atoms with E-state index in [1.807, 2.05) is 0 Å². The third-order valence-electron chi connectivity index (χ3n) is 6.67. The summed E-state index contributed by atoms with van der Waals surface area (Å²) >= 11 is -2.22. The first-order valence-corrected chi connectivity index (χ1v) is 14.0. The van der Waals surface area contributed by atoms with Crippen LogP contribution >= 0.6 is 0 Å². The molecule has 0 saturated carbocycles. The number of imidazole rings is 1. The fourth-order valence-corrected chi connectivity index (χ4v) is 5.01. The standard InChI is InChI=1S/C30H24F5N3O4S/c1-4-29(31,32)26-16-38(17(2)36-26)25-13-10-21(20-6-5-7-23(14-20)43(39)40)15-24(25)27-28(41-18(3)37-27)19-8-11-22(12-9-19)42-30(33,34)35/h5-16H,4H2,1-3H3,(H,39,40). The number of rotatable bonds is 8. The van der Waals surface area contributed by atoms with Crippen LogP contribution in [0, 0.1) is 13.8 Å². The van der Waals surface area contributed by atoms with Crippen LogP contribution in [-0.2, 0) is 17.0 Å². The van der Waals surface area contributed by atoms with Gasteiger partial charge < -0.3 is 18.3 Å². The second kappa shape index (κ2) is 11.4. The first-order valence-electron chi connectivity index (χ1n) is 12.9. The van der Waals surface area contributed by atoms with Crippen molar-refractivity contribution in [1.29, 1.82) is 0 Å².